The fourth-order valence-electron chi connectivity index (χ4n) is 4.47. The molecule has 0 spiro atoms. The molecule has 1 saturated heterocycles. The number of benzene rings is 3. The highest BCUT2D eigenvalue weighted by Crippen LogP contribution is 2.24. The van der Waals surface area contributed by atoms with Crippen LogP contribution in [0.3, 0.4) is 0 Å². The van der Waals surface area contributed by atoms with E-state index in [1.165, 1.54) is 7.11 Å². The van der Waals surface area contributed by atoms with Crippen molar-refractivity contribution >= 4 is 23.5 Å². The van der Waals surface area contributed by atoms with E-state index < -0.39 is 0 Å². The van der Waals surface area contributed by atoms with Crippen LogP contribution in [0, 0.1) is 0 Å². The second-order valence-electron chi connectivity index (χ2n) is 9.25. The number of carbonyl (C=O) groups excluding carboxylic acids is 2. The summed E-state index contributed by atoms with van der Waals surface area (Å²) in [6.45, 7) is 3.97. The molecule has 38 heavy (non-hydrogen) atoms. The summed E-state index contributed by atoms with van der Waals surface area (Å²) in [5, 5.41) is 0.675. The summed E-state index contributed by atoms with van der Waals surface area (Å²) in [6, 6.07) is 22.6. The molecule has 3 aromatic rings. The molecule has 0 aliphatic carbocycles. The standard InChI is InChI=1S/C30H33ClN2O5/c1-36-27-5-3-4-23(18-27)19-29(34)33-16-14-32(15-17-33)20-28(24-10-12-26(31)13-11-24)38-21-22-6-8-25(9-7-22)30(35)37-2/h3-13,18,28H,14-17,19-21H2,1-2H3/t28-/m0/s1. The zero-order valence-electron chi connectivity index (χ0n) is 21.8. The maximum Gasteiger partial charge on any atom is 0.337 e. The third-order valence-corrected chi connectivity index (χ3v) is 6.96. The average Bonchev–Trinajstić information content (AvgIpc) is 2.96. The van der Waals surface area contributed by atoms with Gasteiger partial charge in [-0.15, -0.1) is 0 Å². The van der Waals surface area contributed by atoms with E-state index in [1.807, 2.05) is 65.6 Å². The lowest BCUT2D eigenvalue weighted by molar-refractivity contribution is -0.132. The first kappa shape index (κ1) is 27.6. The van der Waals surface area contributed by atoms with Gasteiger partial charge in [-0.3, -0.25) is 9.69 Å². The van der Waals surface area contributed by atoms with Gasteiger partial charge in [0.1, 0.15) is 5.75 Å². The number of nitrogens with zero attached hydrogens (tertiary/aromatic N) is 2. The summed E-state index contributed by atoms with van der Waals surface area (Å²) in [4.78, 5) is 28.9. The first-order chi connectivity index (χ1) is 18.4. The Hall–Kier alpha value is -3.39. The first-order valence-electron chi connectivity index (χ1n) is 12.6. The minimum atomic E-state index is -0.363. The van der Waals surface area contributed by atoms with Gasteiger partial charge >= 0.3 is 5.97 Å². The minimum Gasteiger partial charge on any atom is -0.497 e. The molecule has 200 valence electrons. The van der Waals surface area contributed by atoms with Crippen LogP contribution in [-0.4, -0.2) is 68.6 Å². The zero-order chi connectivity index (χ0) is 26.9. The molecular weight excluding hydrogens is 504 g/mol. The predicted molar refractivity (Wildman–Crippen MR) is 146 cm³/mol. The van der Waals surface area contributed by atoms with E-state index in [1.54, 1.807) is 19.2 Å². The number of esters is 1. The van der Waals surface area contributed by atoms with Gasteiger partial charge in [0, 0.05) is 37.7 Å². The Kier molecular flexibility index (Phi) is 9.76. The van der Waals surface area contributed by atoms with E-state index in [0.29, 0.717) is 43.2 Å². The third kappa shape index (κ3) is 7.57. The second kappa shape index (κ2) is 13.4. The fraction of sp³-hybridized carbons (Fsp3) is 0.333. The number of ether oxygens (including phenoxy) is 3. The summed E-state index contributed by atoms with van der Waals surface area (Å²) in [5.74, 6) is 0.518. The van der Waals surface area contributed by atoms with E-state index in [2.05, 4.69) is 4.90 Å². The monoisotopic (exact) mass is 536 g/mol. The normalized spacial score (nSPS) is 14.7. The summed E-state index contributed by atoms with van der Waals surface area (Å²) in [6.07, 6.45) is 0.189. The largest absolute Gasteiger partial charge is 0.497 e. The Morgan fingerprint density at radius 1 is 0.895 bits per heavy atom. The molecule has 0 radical (unpaired) electrons. The molecule has 0 N–H and O–H groups in total. The zero-order valence-corrected chi connectivity index (χ0v) is 22.5. The summed E-state index contributed by atoms with van der Waals surface area (Å²) in [5.41, 5.74) is 3.46. The van der Waals surface area contributed by atoms with E-state index in [0.717, 1.165) is 35.5 Å². The van der Waals surface area contributed by atoms with E-state index in [-0.39, 0.29) is 18.0 Å². The molecule has 1 fully saturated rings. The first-order valence-corrected chi connectivity index (χ1v) is 13.0. The topological polar surface area (TPSA) is 68.3 Å². The molecule has 0 aromatic heterocycles. The molecule has 0 saturated carbocycles. The third-order valence-electron chi connectivity index (χ3n) is 6.71. The Bertz CT molecular complexity index is 1210. The smallest absolute Gasteiger partial charge is 0.337 e. The van der Waals surface area contributed by atoms with Crippen molar-refractivity contribution in [2.75, 3.05) is 46.9 Å². The van der Waals surface area contributed by atoms with Crippen molar-refractivity contribution in [3.05, 3.63) is 100 Å². The van der Waals surface area contributed by atoms with Crippen molar-refractivity contribution in [3.63, 3.8) is 0 Å². The molecule has 1 aliphatic rings. The molecule has 1 amide bonds. The summed E-state index contributed by atoms with van der Waals surface area (Å²) >= 11 is 6.12. The van der Waals surface area contributed by atoms with Gasteiger partial charge in [0.05, 0.1) is 38.9 Å². The van der Waals surface area contributed by atoms with Gasteiger partial charge in [-0.2, -0.15) is 0 Å². The molecule has 0 bridgehead atoms. The molecule has 8 heteroatoms. The Labute approximate surface area is 228 Å². The van der Waals surface area contributed by atoms with Crippen LogP contribution in [0.15, 0.2) is 72.8 Å². The molecule has 7 nitrogen and oxygen atoms in total. The highest BCUT2D eigenvalue weighted by molar-refractivity contribution is 6.30. The molecule has 1 heterocycles. The Morgan fingerprint density at radius 2 is 1.61 bits per heavy atom. The molecule has 1 atom stereocenters. The van der Waals surface area contributed by atoms with Crippen molar-refractivity contribution < 1.29 is 23.8 Å². The lowest BCUT2D eigenvalue weighted by Gasteiger charge is -2.36. The average molecular weight is 537 g/mol. The van der Waals surface area contributed by atoms with Gasteiger partial charge < -0.3 is 19.1 Å². The van der Waals surface area contributed by atoms with Crippen LogP contribution in [0.5, 0.6) is 5.75 Å². The predicted octanol–water partition coefficient (Wildman–Crippen LogP) is 4.78. The van der Waals surface area contributed by atoms with Crippen LogP contribution in [-0.2, 0) is 27.3 Å². The highest BCUT2D eigenvalue weighted by Gasteiger charge is 2.24. The van der Waals surface area contributed by atoms with Gasteiger partial charge in [0.15, 0.2) is 0 Å². The molecule has 4 rings (SSSR count). The number of piperazine rings is 1. The maximum absolute atomic E-state index is 12.9. The SMILES string of the molecule is COC(=O)c1ccc(CO[C@@H](CN2CCN(C(=O)Cc3cccc(OC)c3)CC2)c2ccc(Cl)cc2)cc1. The summed E-state index contributed by atoms with van der Waals surface area (Å²) < 4.78 is 16.4. The van der Waals surface area contributed by atoms with E-state index in [9.17, 15) is 9.59 Å². The number of hydrogen-bond acceptors (Lipinski definition) is 6. The lowest BCUT2D eigenvalue weighted by Crippen LogP contribution is -2.50. The molecule has 1 aliphatic heterocycles. The van der Waals surface area contributed by atoms with Gasteiger partial charge in [0.2, 0.25) is 5.91 Å². The highest BCUT2D eigenvalue weighted by atomic mass is 35.5. The Balaban J connectivity index is 1.34. The van der Waals surface area contributed by atoms with Crippen LogP contribution in [0.25, 0.3) is 0 Å². The van der Waals surface area contributed by atoms with E-state index in [4.69, 9.17) is 25.8 Å². The number of carbonyl (C=O) groups is 2. The number of rotatable bonds is 10. The second-order valence-corrected chi connectivity index (χ2v) is 9.69. The van der Waals surface area contributed by atoms with Crippen LogP contribution in [0.2, 0.25) is 5.02 Å². The van der Waals surface area contributed by atoms with Gasteiger partial charge in [-0.05, 0) is 53.1 Å². The van der Waals surface area contributed by atoms with Crippen molar-refractivity contribution in [3.8, 4) is 5.75 Å². The van der Waals surface area contributed by atoms with Gasteiger partial charge in [-0.25, -0.2) is 4.79 Å². The minimum absolute atomic E-state index is 0.124. The maximum atomic E-state index is 12.9. The quantitative estimate of drug-likeness (QED) is 0.347. The molecular formula is C30H33ClN2O5. The van der Waals surface area contributed by atoms with Crippen LogP contribution in [0.1, 0.15) is 33.2 Å². The fourth-order valence-corrected chi connectivity index (χ4v) is 4.59. The number of hydrogen-bond donors (Lipinski definition) is 0. The van der Waals surface area contributed by atoms with Gasteiger partial charge in [-0.1, -0.05) is 48.0 Å². The van der Waals surface area contributed by atoms with E-state index >= 15 is 0 Å². The van der Waals surface area contributed by atoms with Crippen LogP contribution < -0.4 is 4.74 Å². The van der Waals surface area contributed by atoms with Crippen molar-refractivity contribution in [1.29, 1.82) is 0 Å². The van der Waals surface area contributed by atoms with Crippen molar-refractivity contribution in [1.82, 2.24) is 9.80 Å². The number of amides is 1. The van der Waals surface area contributed by atoms with Crippen molar-refractivity contribution in [2.45, 2.75) is 19.1 Å². The number of methoxy groups -OCH3 is 2. The molecule has 3 aromatic carbocycles. The van der Waals surface area contributed by atoms with Crippen LogP contribution in [0.4, 0.5) is 0 Å². The summed E-state index contributed by atoms with van der Waals surface area (Å²) in [7, 11) is 2.99. The molecule has 0 unspecified atom stereocenters. The number of halogens is 1. The Morgan fingerprint density at radius 3 is 2.26 bits per heavy atom. The van der Waals surface area contributed by atoms with Gasteiger partial charge in [0.25, 0.3) is 0 Å². The lowest BCUT2D eigenvalue weighted by atomic mass is 10.1. The van der Waals surface area contributed by atoms with Crippen LogP contribution >= 0.6 is 11.6 Å². The van der Waals surface area contributed by atoms with Crippen molar-refractivity contribution in [2.24, 2.45) is 0 Å².